The quantitative estimate of drug-likeness (QED) is 0.280. The molecule has 3 aromatic carbocycles. The van der Waals surface area contributed by atoms with E-state index >= 15 is 0 Å². The van der Waals surface area contributed by atoms with Gasteiger partial charge in [-0.25, -0.2) is 0 Å². The number of fused-ring (bicyclic) bond motifs is 3. The highest BCUT2D eigenvalue weighted by Gasteiger charge is 2.27. The SMILES string of the molecule is [2H]c1cc2cc(CC(C)(C)C)cc3c2c(n1)-c1cc2ccccc2c(CC(C)(C)C)c1S3. The van der Waals surface area contributed by atoms with Crippen molar-refractivity contribution >= 4 is 33.3 Å². The Morgan fingerprint density at radius 3 is 2.35 bits per heavy atom. The molecule has 0 saturated carbocycles. The van der Waals surface area contributed by atoms with Gasteiger partial charge in [-0.3, -0.25) is 4.98 Å². The van der Waals surface area contributed by atoms with Gasteiger partial charge in [-0.2, -0.15) is 0 Å². The summed E-state index contributed by atoms with van der Waals surface area (Å²) in [6.07, 6.45) is 2.36. The number of rotatable bonds is 2. The minimum atomic E-state index is 0.173. The van der Waals surface area contributed by atoms with E-state index in [1.54, 1.807) is 0 Å². The Morgan fingerprint density at radius 2 is 1.61 bits per heavy atom. The lowest BCUT2D eigenvalue weighted by Crippen LogP contribution is -2.12. The molecule has 4 aromatic rings. The van der Waals surface area contributed by atoms with Gasteiger partial charge in [0, 0.05) is 26.9 Å². The molecule has 1 nitrogen and oxygen atoms in total. The molecule has 0 N–H and O–H groups in total. The average Bonchev–Trinajstić information content (AvgIpc) is 2.66. The molecule has 0 fully saturated rings. The van der Waals surface area contributed by atoms with Crippen LogP contribution < -0.4 is 0 Å². The summed E-state index contributed by atoms with van der Waals surface area (Å²) in [5.74, 6) is 0. The lowest BCUT2D eigenvalue weighted by Gasteiger charge is -2.28. The van der Waals surface area contributed by atoms with Crippen LogP contribution in [0, 0.1) is 10.8 Å². The minimum Gasteiger partial charge on any atom is -0.256 e. The molecule has 2 heteroatoms. The second-order valence-electron chi connectivity index (χ2n) is 11.3. The van der Waals surface area contributed by atoms with E-state index in [-0.39, 0.29) is 10.8 Å². The number of benzene rings is 3. The Balaban J connectivity index is 1.83. The second kappa shape index (κ2) is 7.10. The van der Waals surface area contributed by atoms with E-state index < -0.39 is 0 Å². The van der Waals surface area contributed by atoms with Gasteiger partial charge in [0.2, 0.25) is 0 Å². The Bertz CT molecular complexity index is 1370. The van der Waals surface area contributed by atoms with Crippen molar-refractivity contribution in [2.45, 2.75) is 64.2 Å². The third-order valence-electron chi connectivity index (χ3n) is 5.84. The molecule has 0 bridgehead atoms. The number of hydrogen-bond donors (Lipinski definition) is 0. The summed E-state index contributed by atoms with van der Waals surface area (Å²) < 4.78 is 8.45. The Hall–Kier alpha value is -2.32. The Kier molecular flexibility index (Phi) is 4.44. The maximum absolute atomic E-state index is 8.45. The van der Waals surface area contributed by atoms with Crippen LogP contribution in [0.3, 0.4) is 0 Å². The van der Waals surface area contributed by atoms with E-state index in [4.69, 9.17) is 6.35 Å². The lowest BCUT2D eigenvalue weighted by molar-refractivity contribution is 0.410. The normalized spacial score (nSPS) is 14.1. The van der Waals surface area contributed by atoms with Crippen molar-refractivity contribution in [3.63, 3.8) is 0 Å². The smallest absolute Gasteiger partial charge is 0.0840 e. The molecule has 0 spiro atoms. The summed E-state index contributed by atoms with van der Waals surface area (Å²) in [5, 5.41) is 4.93. The molecule has 158 valence electrons. The van der Waals surface area contributed by atoms with E-state index in [9.17, 15) is 0 Å². The van der Waals surface area contributed by atoms with Crippen molar-refractivity contribution < 1.29 is 1.37 Å². The van der Waals surface area contributed by atoms with Crippen LogP contribution in [0.2, 0.25) is 0 Å². The summed E-state index contributed by atoms with van der Waals surface area (Å²) in [6.45, 7) is 13.8. The highest BCUT2D eigenvalue weighted by atomic mass is 32.2. The van der Waals surface area contributed by atoms with Crippen LogP contribution in [-0.2, 0) is 12.8 Å². The number of aromatic nitrogens is 1. The molecular weight excluding hydrogens is 394 g/mol. The molecule has 0 saturated heterocycles. The molecule has 0 atom stereocenters. The van der Waals surface area contributed by atoms with Crippen molar-refractivity contribution in [1.29, 1.82) is 0 Å². The monoisotopic (exact) mass is 426 g/mol. The predicted octanol–water partition coefficient (Wildman–Crippen LogP) is 8.70. The lowest BCUT2D eigenvalue weighted by atomic mass is 9.84. The molecule has 0 unspecified atom stereocenters. The van der Waals surface area contributed by atoms with Crippen LogP contribution in [0.4, 0.5) is 0 Å². The van der Waals surface area contributed by atoms with Crippen LogP contribution in [0.25, 0.3) is 32.8 Å². The largest absolute Gasteiger partial charge is 0.256 e. The van der Waals surface area contributed by atoms with Crippen molar-refractivity contribution in [1.82, 2.24) is 4.98 Å². The molecule has 2 heterocycles. The summed E-state index contributed by atoms with van der Waals surface area (Å²) in [6, 6.07) is 17.6. The third kappa shape index (κ3) is 3.87. The summed E-state index contributed by atoms with van der Waals surface area (Å²) in [5.41, 5.74) is 5.29. The Morgan fingerprint density at radius 1 is 0.871 bits per heavy atom. The van der Waals surface area contributed by atoms with Gasteiger partial charge >= 0.3 is 0 Å². The van der Waals surface area contributed by atoms with Crippen LogP contribution in [0.5, 0.6) is 0 Å². The first-order valence-corrected chi connectivity index (χ1v) is 12.0. The van der Waals surface area contributed by atoms with E-state index in [1.165, 1.54) is 42.6 Å². The van der Waals surface area contributed by atoms with Crippen LogP contribution in [-0.4, -0.2) is 4.98 Å². The zero-order valence-electron chi connectivity index (χ0n) is 20.4. The van der Waals surface area contributed by atoms with Crippen LogP contribution in [0.15, 0.2) is 64.5 Å². The van der Waals surface area contributed by atoms with Gasteiger partial charge in [-0.1, -0.05) is 83.6 Å². The fraction of sp³-hybridized carbons (Fsp3) is 0.345. The molecule has 31 heavy (non-hydrogen) atoms. The first-order chi connectivity index (χ1) is 15.0. The third-order valence-corrected chi connectivity index (χ3v) is 7.05. The summed E-state index contributed by atoms with van der Waals surface area (Å²) >= 11 is 1.90. The summed E-state index contributed by atoms with van der Waals surface area (Å²) in [7, 11) is 0. The molecule has 0 amide bonds. The van der Waals surface area contributed by atoms with Gasteiger partial charge in [0.1, 0.15) is 0 Å². The maximum atomic E-state index is 8.45. The topological polar surface area (TPSA) is 12.9 Å². The van der Waals surface area contributed by atoms with E-state index in [2.05, 4.69) is 84.0 Å². The number of pyridine rings is 1. The van der Waals surface area contributed by atoms with Crippen molar-refractivity contribution in [3.8, 4) is 11.3 Å². The van der Waals surface area contributed by atoms with Gasteiger partial charge in [-0.15, -0.1) is 0 Å². The Labute approximate surface area is 191 Å². The predicted molar refractivity (Wildman–Crippen MR) is 135 cm³/mol. The highest BCUT2D eigenvalue weighted by Crippen LogP contribution is 2.51. The summed E-state index contributed by atoms with van der Waals surface area (Å²) in [4.78, 5) is 7.37. The molecular formula is C29H31NS. The zero-order chi connectivity index (χ0) is 22.8. The van der Waals surface area contributed by atoms with Gasteiger partial charge in [0.25, 0.3) is 0 Å². The van der Waals surface area contributed by atoms with Gasteiger partial charge in [0.15, 0.2) is 0 Å². The molecule has 0 radical (unpaired) electrons. The number of nitrogens with zero attached hydrogens (tertiary/aromatic N) is 1. The first-order valence-electron chi connectivity index (χ1n) is 11.7. The van der Waals surface area contributed by atoms with Crippen LogP contribution in [0.1, 0.15) is 54.0 Å². The van der Waals surface area contributed by atoms with Crippen molar-refractivity contribution in [2.75, 3.05) is 0 Å². The molecule has 5 rings (SSSR count). The van der Waals surface area contributed by atoms with E-state index in [0.29, 0.717) is 6.17 Å². The fourth-order valence-corrected chi connectivity index (χ4v) is 6.11. The van der Waals surface area contributed by atoms with Gasteiger partial charge < -0.3 is 0 Å². The first kappa shape index (κ1) is 19.4. The zero-order valence-corrected chi connectivity index (χ0v) is 20.2. The van der Waals surface area contributed by atoms with Crippen molar-refractivity contribution in [3.05, 3.63) is 65.8 Å². The molecule has 1 aromatic heterocycles. The highest BCUT2D eigenvalue weighted by molar-refractivity contribution is 7.99. The second-order valence-corrected chi connectivity index (χ2v) is 12.4. The van der Waals surface area contributed by atoms with Gasteiger partial charge in [0.05, 0.1) is 7.06 Å². The number of hydrogen-bond acceptors (Lipinski definition) is 2. The van der Waals surface area contributed by atoms with Crippen LogP contribution >= 0.6 is 11.8 Å². The average molecular weight is 427 g/mol. The van der Waals surface area contributed by atoms with E-state index in [0.717, 1.165) is 23.9 Å². The fourth-order valence-electron chi connectivity index (χ4n) is 4.79. The maximum Gasteiger partial charge on any atom is 0.0840 e. The van der Waals surface area contributed by atoms with E-state index in [1.807, 2.05) is 17.8 Å². The molecule has 1 aliphatic heterocycles. The molecule has 0 aliphatic carbocycles. The minimum absolute atomic E-state index is 0.173. The van der Waals surface area contributed by atoms with Gasteiger partial charge in [-0.05, 0) is 69.2 Å². The molecule has 1 aliphatic rings. The van der Waals surface area contributed by atoms with Crippen molar-refractivity contribution in [2.24, 2.45) is 10.8 Å². The standard InChI is InChI=1S/C29H31NS/c1-28(2,3)16-18-13-20-11-12-30-26-22-15-19-9-7-8-10-21(19)23(17-29(4,5)6)27(22)31-24(14-18)25(20)26/h7-15H,16-17H2,1-6H3/i12D.